The van der Waals surface area contributed by atoms with Crippen molar-refractivity contribution < 1.29 is 0 Å². The van der Waals surface area contributed by atoms with Crippen LogP contribution < -0.4 is 5.56 Å². The highest BCUT2D eigenvalue weighted by atomic mass is 16.1. The molecule has 3 aliphatic rings. The number of rotatable bonds is 4. The third-order valence-corrected chi connectivity index (χ3v) is 6.62. The van der Waals surface area contributed by atoms with Crippen LogP contribution in [0.5, 0.6) is 0 Å². The van der Waals surface area contributed by atoms with Crippen molar-refractivity contribution in [2.75, 3.05) is 13.1 Å². The van der Waals surface area contributed by atoms with Gasteiger partial charge in [-0.2, -0.15) is 10.2 Å². The third kappa shape index (κ3) is 3.47. The van der Waals surface area contributed by atoms with Crippen molar-refractivity contribution in [2.45, 2.75) is 71.0 Å². The van der Waals surface area contributed by atoms with Gasteiger partial charge in [-0.3, -0.25) is 14.4 Å². The Labute approximate surface area is 160 Å². The Kier molecular flexibility index (Phi) is 4.60. The molecule has 0 saturated carbocycles. The van der Waals surface area contributed by atoms with Crippen molar-refractivity contribution in [2.24, 2.45) is 5.92 Å². The van der Waals surface area contributed by atoms with Gasteiger partial charge in [-0.05, 0) is 75.9 Å². The molecule has 1 aliphatic carbocycles. The van der Waals surface area contributed by atoms with E-state index in [0.717, 1.165) is 64.1 Å². The minimum absolute atomic E-state index is 0.0912. The van der Waals surface area contributed by atoms with Crippen LogP contribution in [-0.2, 0) is 38.9 Å². The fourth-order valence-electron chi connectivity index (χ4n) is 5.00. The SMILES string of the molecule is O=c1cc2c(nn1CC1CCN(Cc3cnn4c3CCC4)CC1)CCCC2. The fourth-order valence-corrected chi connectivity index (χ4v) is 5.00. The van der Waals surface area contributed by atoms with Gasteiger partial charge in [0.15, 0.2) is 0 Å². The van der Waals surface area contributed by atoms with E-state index < -0.39 is 0 Å². The molecule has 27 heavy (non-hydrogen) atoms. The van der Waals surface area contributed by atoms with Crippen LogP contribution in [-0.4, -0.2) is 37.6 Å². The Morgan fingerprint density at radius 3 is 2.78 bits per heavy atom. The standard InChI is InChI=1S/C21H29N5O/c27-21-12-17-4-1-2-5-19(17)23-26(21)14-16-7-10-24(11-8-16)15-18-13-22-25-9-3-6-20(18)25/h12-13,16H,1-11,14-15H2. The molecule has 6 heteroatoms. The van der Waals surface area contributed by atoms with Crippen LogP contribution in [0.25, 0.3) is 0 Å². The monoisotopic (exact) mass is 367 g/mol. The molecular formula is C21H29N5O. The summed E-state index contributed by atoms with van der Waals surface area (Å²) in [7, 11) is 0. The van der Waals surface area contributed by atoms with Crippen molar-refractivity contribution >= 4 is 0 Å². The number of likely N-dealkylation sites (tertiary alicyclic amines) is 1. The number of hydrogen-bond donors (Lipinski definition) is 0. The molecule has 0 atom stereocenters. The summed E-state index contributed by atoms with van der Waals surface area (Å²) in [6, 6.07) is 1.84. The van der Waals surface area contributed by atoms with Crippen LogP contribution in [0.4, 0.5) is 0 Å². The fraction of sp³-hybridized carbons (Fsp3) is 0.667. The van der Waals surface area contributed by atoms with Crippen LogP contribution in [0, 0.1) is 5.92 Å². The van der Waals surface area contributed by atoms with Crippen molar-refractivity contribution in [3.05, 3.63) is 45.1 Å². The Morgan fingerprint density at radius 1 is 1.04 bits per heavy atom. The summed E-state index contributed by atoms with van der Waals surface area (Å²) in [4.78, 5) is 15.0. The van der Waals surface area contributed by atoms with E-state index >= 15 is 0 Å². The first-order valence-electron chi connectivity index (χ1n) is 10.6. The molecule has 0 spiro atoms. The summed E-state index contributed by atoms with van der Waals surface area (Å²) in [6.07, 6.45) is 11.2. The van der Waals surface area contributed by atoms with Gasteiger partial charge in [-0.25, -0.2) is 4.68 Å². The number of aromatic nitrogens is 4. The van der Waals surface area contributed by atoms with Gasteiger partial charge in [-0.1, -0.05) is 0 Å². The largest absolute Gasteiger partial charge is 0.299 e. The first-order valence-corrected chi connectivity index (χ1v) is 10.6. The maximum Gasteiger partial charge on any atom is 0.267 e. The van der Waals surface area contributed by atoms with Gasteiger partial charge in [0.25, 0.3) is 5.56 Å². The molecule has 2 aromatic heterocycles. The first kappa shape index (κ1) is 17.2. The molecule has 0 N–H and O–H groups in total. The highest BCUT2D eigenvalue weighted by molar-refractivity contribution is 5.21. The Hall–Kier alpha value is -1.95. The van der Waals surface area contributed by atoms with Gasteiger partial charge in [0.2, 0.25) is 0 Å². The van der Waals surface area contributed by atoms with Crippen molar-refractivity contribution in [1.29, 1.82) is 0 Å². The lowest BCUT2D eigenvalue weighted by Crippen LogP contribution is -2.37. The van der Waals surface area contributed by atoms with Gasteiger partial charge in [0.1, 0.15) is 0 Å². The molecule has 0 bridgehead atoms. The maximum atomic E-state index is 12.4. The van der Waals surface area contributed by atoms with Crippen molar-refractivity contribution in [1.82, 2.24) is 24.5 Å². The van der Waals surface area contributed by atoms with E-state index in [4.69, 9.17) is 5.10 Å². The average molecular weight is 367 g/mol. The molecule has 1 saturated heterocycles. The van der Waals surface area contributed by atoms with E-state index in [2.05, 4.69) is 20.9 Å². The molecule has 5 rings (SSSR count). The van der Waals surface area contributed by atoms with Gasteiger partial charge >= 0.3 is 0 Å². The summed E-state index contributed by atoms with van der Waals surface area (Å²) in [5.41, 5.74) is 5.30. The zero-order valence-corrected chi connectivity index (χ0v) is 16.1. The molecule has 1 fully saturated rings. The van der Waals surface area contributed by atoms with Crippen LogP contribution in [0.1, 0.15) is 54.6 Å². The van der Waals surface area contributed by atoms with Crippen LogP contribution in [0.15, 0.2) is 17.1 Å². The summed E-state index contributed by atoms with van der Waals surface area (Å²) in [5.74, 6) is 0.561. The molecule has 4 heterocycles. The van der Waals surface area contributed by atoms with Gasteiger partial charge in [0.05, 0.1) is 11.9 Å². The lowest BCUT2D eigenvalue weighted by Gasteiger charge is -2.32. The maximum absolute atomic E-state index is 12.4. The number of nitrogens with zero attached hydrogens (tertiary/aromatic N) is 5. The number of piperidine rings is 1. The van der Waals surface area contributed by atoms with E-state index in [1.54, 1.807) is 4.68 Å². The Bertz CT molecular complexity index is 875. The summed E-state index contributed by atoms with van der Waals surface area (Å²) >= 11 is 0. The first-order chi connectivity index (χ1) is 13.3. The van der Waals surface area contributed by atoms with Gasteiger partial charge in [-0.15, -0.1) is 0 Å². The van der Waals surface area contributed by atoms with Crippen LogP contribution in [0.2, 0.25) is 0 Å². The smallest absolute Gasteiger partial charge is 0.267 e. The van der Waals surface area contributed by atoms with E-state index in [9.17, 15) is 4.79 Å². The Balaban J connectivity index is 1.19. The number of hydrogen-bond acceptors (Lipinski definition) is 4. The van der Waals surface area contributed by atoms with E-state index in [1.807, 2.05) is 6.07 Å². The molecule has 2 aliphatic heterocycles. The summed E-state index contributed by atoms with van der Waals surface area (Å²) in [6.45, 7) is 5.10. The molecule has 0 amide bonds. The highest BCUT2D eigenvalue weighted by Gasteiger charge is 2.24. The lowest BCUT2D eigenvalue weighted by atomic mass is 9.95. The molecule has 0 radical (unpaired) electrons. The van der Waals surface area contributed by atoms with E-state index in [1.165, 1.54) is 42.5 Å². The zero-order valence-electron chi connectivity index (χ0n) is 16.1. The molecule has 0 unspecified atom stereocenters. The number of aryl methyl sites for hydroxylation is 3. The molecule has 2 aromatic rings. The van der Waals surface area contributed by atoms with Crippen LogP contribution >= 0.6 is 0 Å². The third-order valence-electron chi connectivity index (χ3n) is 6.62. The van der Waals surface area contributed by atoms with Gasteiger partial charge < -0.3 is 0 Å². The zero-order chi connectivity index (χ0) is 18.2. The normalized spacial score (nSPS) is 20.6. The summed E-state index contributed by atoms with van der Waals surface area (Å²) in [5, 5.41) is 9.23. The predicted octanol–water partition coefficient (Wildman–Crippen LogP) is 2.18. The topological polar surface area (TPSA) is 56.0 Å². The quantitative estimate of drug-likeness (QED) is 0.831. The minimum Gasteiger partial charge on any atom is -0.299 e. The lowest BCUT2D eigenvalue weighted by molar-refractivity contribution is 0.163. The van der Waals surface area contributed by atoms with Crippen molar-refractivity contribution in [3.63, 3.8) is 0 Å². The molecule has 6 nitrogen and oxygen atoms in total. The van der Waals surface area contributed by atoms with Crippen molar-refractivity contribution in [3.8, 4) is 0 Å². The highest BCUT2D eigenvalue weighted by Crippen LogP contribution is 2.24. The minimum atomic E-state index is 0.0912. The Morgan fingerprint density at radius 2 is 1.89 bits per heavy atom. The second kappa shape index (κ2) is 7.23. The molecule has 0 aromatic carbocycles. The van der Waals surface area contributed by atoms with Gasteiger partial charge in [0, 0.05) is 37.0 Å². The second-order valence-electron chi connectivity index (χ2n) is 8.51. The molecule has 144 valence electrons. The second-order valence-corrected chi connectivity index (χ2v) is 8.51. The van der Waals surface area contributed by atoms with E-state index in [0.29, 0.717) is 5.92 Å². The van der Waals surface area contributed by atoms with Crippen LogP contribution in [0.3, 0.4) is 0 Å². The summed E-state index contributed by atoms with van der Waals surface area (Å²) < 4.78 is 3.92. The number of fused-ring (bicyclic) bond motifs is 2. The molecular weight excluding hydrogens is 338 g/mol. The average Bonchev–Trinajstić information content (AvgIpc) is 3.29. The predicted molar refractivity (Wildman–Crippen MR) is 104 cm³/mol. The van der Waals surface area contributed by atoms with E-state index in [-0.39, 0.29) is 5.56 Å².